The number of rotatable bonds is 5. The van der Waals surface area contributed by atoms with Crippen molar-refractivity contribution in [2.75, 3.05) is 6.61 Å². The van der Waals surface area contributed by atoms with Gasteiger partial charge in [-0.15, -0.1) is 0 Å². The molecule has 120 valence electrons. The third kappa shape index (κ3) is 4.57. The molecule has 5 nitrogen and oxygen atoms in total. The van der Waals surface area contributed by atoms with Crippen LogP contribution in [-0.2, 0) is 4.79 Å². The summed E-state index contributed by atoms with van der Waals surface area (Å²) in [5.41, 5.74) is 5.94. The monoisotopic (exact) mass is 312 g/mol. The van der Waals surface area contributed by atoms with E-state index in [9.17, 15) is 9.90 Å². The minimum atomic E-state index is -0.369. The number of phenolic OH excluding ortho intramolecular Hbond substituents is 1. The lowest BCUT2D eigenvalue weighted by atomic mass is 10.1. The molecule has 0 fully saturated rings. The van der Waals surface area contributed by atoms with Crippen molar-refractivity contribution < 1.29 is 14.6 Å². The van der Waals surface area contributed by atoms with Gasteiger partial charge in [-0.2, -0.15) is 5.10 Å². The standard InChI is InChI=1S/C18H20N2O3/c1-12-7-8-16(9-14(12)3)23-11-17(21)20-19-10-15-6-4-5-13(2)18(15)22/h4-10,22H,11H2,1-3H3,(H,20,21)/b19-10-. The van der Waals surface area contributed by atoms with Crippen LogP contribution in [0.5, 0.6) is 11.5 Å². The van der Waals surface area contributed by atoms with Crippen molar-refractivity contribution in [1.29, 1.82) is 0 Å². The zero-order valence-electron chi connectivity index (χ0n) is 13.5. The third-order valence-corrected chi connectivity index (χ3v) is 3.51. The minimum absolute atomic E-state index is 0.125. The highest BCUT2D eigenvalue weighted by Gasteiger charge is 2.04. The molecule has 0 aliphatic rings. The van der Waals surface area contributed by atoms with Gasteiger partial charge in [-0.1, -0.05) is 18.2 Å². The number of carbonyl (C=O) groups excluding carboxylic acids is 1. The van der Waals surface area contributed by atoms with Crippen molar-refractivity contribution in [3.05, 3.63) is 58.7 Å². The number of aryl methyl sites for hydroxylation is 3. The maximum Gasteiger partial charge on any atom is 0.277 e. The summed E-state index contributed by atoms with van der Waals surface area (Å²) in [5.74, 6) is 0.423. The summed E-state index contributed by atoms with van der Waals surface area (Å²) in [5, 5.41) is 13.7. The van der Waals surface area contributed by atoms with Gasteiger partial charge < -0.3 is 9.84 Å². The van der Waals surface area contributed by atoms with Gasteiger partial charge in [-0.3, -0.25) is 4.79 Å². The van der Waals surface area contributed by atoms with E-state index in [0.29, 0.717) is 11.3 Å². The molecule has 0 saturated carbocycles. The van der Waals surface area contributed by atoms with Crippen LogP contribution >= 0.6 is 0 Å². The van der Waals surface area contributed by atoms with Gasteiger partial charge >= 0.3 is 0 Å². The van der Waals surface area contributed by atoms with Gasteiger partial charge in [0.2, 0.25) is 0 Å². The number of amides is 1. The Kier molecular flexibility index (Phi) is 5.36. The van der Waals surface area contributed by atoms with Crippen LogP contribution in [0.4, 0.5) is 0 Å². The molecule has 0 atom stereocenters. The second-order valence-corrected chi connectivity index (χ2v) is 5.34. The largest absolute Gasteiger partial charge is 0.507 e. The van der Waals surface area contributed by atoms with E-state index in [1.807, 2.05) is 32.0 Å². The number of hydrogen-bond acceptors (Lipinski definition) is 4. The van der Waals surface area contributed by atoms with E-state index in [1.54, 1.807) is 25.1 Å². The zero-order chi connectivity index (χ0) is 16.8. The highest BCUT2D eigenvalue weighted by atomic mass is 16.5. The molecule has 0 heterocycles. The van der Waals surface area contributed by atoms with Gasteiger partial charge in [0, 0.05) is 5.56 Å². The molecule has 1 amide bonds. The smallest absolute Gasteiger partial charge is 0.277 e. The fourth-order valence-corrected chi connectivity index (χ4v) is 1.94. The van der Waals surface area contributed by atoms with E-state index in [4.69, 9.17) is 4.74 Å². The van der Waals surface area contributed by atoms with Crippen molar-refractivity contribution in [2.24, 2.45) is 5.10 Å². The van der Waals surface area contributed by atoms with Crippen LogP contribution in [0.1, 0.15) is 22.3 Å². The Morgan fingerprint density at radius 3 is 2.70 bits per heavy atom. The van der Waals surface area contributed by atoms with Gasteiger partial charge in [0.15, 0.2) is 6.61 Å². The predicted molar refractivity (Wildman–Crippen MR) is 90.0 cm³/mol. The van der Waals surface area contributed by atoms with E-state index >= 15 is 0 Å². The summed E-state index contributed by atoms with van der Waals surface area (Å²) in [4.78, 5) is 11.7. The van der Waals surface area contributed by atoms with Crippen LogP contribution in [0.2, 0.25) is 0 Å². The Bertz CT molecular complexity index is 739. The molecule has 2 N–H and O–H groups in total. The van der Waals surface area contributed by atoms with E-state index in [0.717, 1.165) is 11.1 Å². The summed E-state index contributed by atoms with van der Waals surface area (Å²) < 4.78 is 5.41. The van der Waals surface area contributed by atoms with E-state index in [-0.39, 0.29) is 18.3 Å². The first-order valence-electron chi connectivity index (χ1n) is 7.28. The molecular weight excluding hydrogens is 292 g/mol. The first kappa shape index (κ1) is 16.5. The summed E-state index contributed by atoms with van der Waals surface area (Å²) in [6.07, 6.45) is 1.40. The first-order valence-corrected chi connectivity index (χ1v) is 7.28. The Balaban J connectivity index is 1.86. The fourth-order valence-electron chi connectivity index (χ4n) is 1.94. The second kappa shape index (κ2) is 7.45. The van der Waals surface area contributed by atoms with Gasteiger partial charge in [-0.05, 0) is 55.7 Å². The molecule has 0 unspecified atom stereocenters. The van der Waals surface area contributed by atoms with Crippen molar-refractivity contribution in [3.63, 3.8) is 0 Å². The summed E-state index contributed by atoms with van der Waals surface area (Å²) >= 11 is 0. The number of carbonyl (C=O) groups is 1. The molecular formula is C18H20N2O3. The summed E-state index contributed by atoms with van der Waals surface area (Å²) in [6.45, 7) is 5.67. The number of aromatic hydroxyl groups is 1. The number of para-hydroxylation sites is 1. The van der Waals surface area contributed by atoms with Crippen LogP contribution in [0.25, 0.3) is 0 Å². The molecule has 2 aromatic carbocycles. The van der Waals surface area contributed by atoms with E-state index in [1.165, 1.54) is 11.8 Å². The number of ether oxygens (including phenoxy) is 1. The highest BCUT2D eigenvalue weighted by Crippen LogP contribution is 2.19. The Morgan fingerprint density at radius 2 is 1.96 bits per heavy atom. The summed E-state index contributed by atoms with van der Waals surface area (Å²) in [7, 11) is 0. The van der Waals surface area contributed by atoms with Crippen LogP contribution in [0.3, 0.4) is 0 Å². The quantitative estimate of drug-likeness (QED) is 0.659. The van der Waals surface area contributed by atoms with Crippen LogP contribution in [0, 0.1) is 20.8 Å². The molecule has 23 heavy (non-hydrogen) atoms. The maximum atomic E-state index is 11.7. The molecule has 0 aromatic heterocycles. The molecule has 0 spiro atoms. The molecule has 0 aliphatic heterocycles. The normalized spacial score (nSPS) is 10.7. The molecule has 0 saturated heterocycles. The number of nitrogens with zero attached hydrogens (tertiary/aromatic N) is 1. The topological polar surface area (TPSA) is 70.9 Å². The van der Waals surface area contributed by atoms with E-state index < -0.39 is 0 Å². The van der Waals surface area contributed by atoms with E-state index in [2.05, 4.69) is 10.5 Å². The minimum Gasteiger partial charge on any atom is -0.507 e. The summed E-state index contributed by atoms with van der Waals surface area (Å²) in [6, 6.07) is 11.0. The van der Waals surface area contributed by atoms with Gasteiger partial charge in [0.25, 0.3) is 5.91 Å². The van der Waals surface area contributed by atoms with Crippen LogP contribution in [0.15, 0.2) is 41.5 Å². The van der Waals surface area contributed by atoms with Gasteiger partial charge in [-0.25, -0.2) is 5.43 Å². The maximum absolute atomic E-state index is 11.7. The SMILES string of the molecule is Cc1ccc(OCC(=O)N/N=C\c2cccc(C)c2O)cc1C. The molecule has 2 aromatic rings. The Hall–Kier alpha value is -2.82. The second-order valence-electron chi connectivity index (χ2n) is 5.34. The van der Waals surface area contributed by atoms with Crippen molar-refractivity contribution in [2.45, 2.75) is 20.8 Å². The zero-order valence-corrected chi connectivity index (χ0v) is 13.5. The van der Waals surface area contributed by atoms with Crippen molar-refractivity contribution >= 4 is 12.1 Å². The van der Waals surface area contributed by atoms with Gasteiger partial charge in [0.1, 0.15) is 11.5 Å². The van der Waals surface area contributed by atoms with Crippen molar-refractivity contribution in [3.8, 4) is 11.5 Å². The van der Waals surface area contributed by atoms with Crippen LogP contribution < -0.4 is 10.2 Å². The van der Waals surface area contributed by atoms with Crippen LogP contribution in [-0.4, -0.2) is 23.8 Å². The lowest BCUT2D eigenvalue weighted by Crippen LogP contribution is -2.24. The highest BCUT2D eigenvalue weighted by molar-refractivity contribution is 5.85. The average Bonchev–Trinajstić information content (AvgIpc) is 2.52. The molecule has 0 radical (unpaired) electrons. The average molecular weight is 312 g/mol. The Labute approximate surface area is 135 Å². The molecule has 0 bridgehead atoms. The lowest BCUT2D eigenvalue weighted by Gasteiger charge is -2.07. The number of benzene rings is 2. The van der Waals surface area contributed by atoms with Crippen molar-refractivity contribution in [1.82, 2.24) is 5.43 Å². The Morgan fingerprint density at radius 1 is 1.17 bits per heavy atom. The first-order chi connectivity index (χ1) is 11.0. The third-order valence-electron chi connectivity index (χ3n) is 3.51. The molecule has 2 rings (SSSR count). The number of phenols is 1. The lowest BCUT2D eigenvalue weighted by molar-refractivity contribution is -0.123. The van der Waals surface area contributed by atoms with Gasteiger partial charge in [0.05, 0.1) is 6.21 Å². The predicted octanol–water partition coefficient (Wildman–Crippen LogP) is 2.85. The molecule has 0 aliphatic carbocycles. The number of hydrazone groups is 1. The number of hydrogen-bond donors (Lipinski definition) is 2. The number of nitrogens with one attached hydrogen (secondary N) is 1. The fraction of sp³-hybridized carbons (Fsp3) is 0.222. The molecule has 5 heteroatoms.